The summed E-state index contributed by atoms with van der Waals surface area (Å²) in [5.41, 5.74) is 3.15. The molecule has 0 radical (unpaired) electrons. The summed E-state index contributed by atoms with van der Waals surface area (Å²) in [4.78, 5) is 11.9. The first kappa shape index (κ1) is 18.8. The fourth-order valence-corrected chi connectivity index (χ4v) is 2.75. The second-order valence-electron chi connectivity index (χ2n) is 5.40. The Morgan fingerprint density at radius 2 is 1.80 bits per heavy atom. The molecule has 0 saturated carbocycles. The van der Waals surface area contributed by atoms with Crippen molar-refractivity contribution in [2.75, 3.05) is 24.7 Å². The molecule has 0 heterocycles. The van der Waals surface area contributed by atoms with E-state index >= 15 is 0 Å². The molecule has 130 valence electrons. The Morgan fingerprint density at radius 1 is 1.12 bits per heavy atom. The fraction of sp³-hybridized carbons (Fsp3) is 0.250. The minimum absolute atomic E-state index is 0.202. The first-order valence-corrected chi connectivity index (χ1v) is 9.38. The van der Waals surface area contributed by atoms with Crippen molar-refractivity contribution in [3.05, 3.63) is 59.7 Å². The van der Waals surface area contributed by atoms with Gasteiger partial charge in [0.2, 0.25) is 0 Å². The third-order valence-electron chi connectivity index (χ3n) is 3.47. The fourth-order valence-electron chi connectivity index (χ4n) is 2.22. The monoisotopic (exact) mass is 354 g/mol. The summed E-state index contributed by atoms with van der Waals surface area (Å²) in [6.45, 7) is 0.820. The van der Waals surface area contributed by atoms with Crippen LogP contribution in [0.25, 0.3) is 0 Å². The van der Waals surface area contributed by atoms with Crippen LogP contribution in [0.4, 0.5) is 10.5 Å². The predicted molar refractivity (Wildman–Crippen MR) is 105 cm³/mol. The van der Waals surface area contributed by atoms with E-state index in [9.17, 15) is 4.79 Å². The van der Waals surface area contributed by atoms with Crippen LogP contribution in [-0.4, -0.2) is 25.4 Å². The molecule has 4 nitrogen and oxygen atoms in total. The van der Waals surface area contributed by atoms with Crippen molar-refractivity contribution < 1.29 is 9.53 Å². The first-order chi connectivity index (χ1) is 12.2. The Hall–Kier alpha value is -2.58. The number of amides is 2. The van der Waals surface area contributed by atoms with E-state index in [0.717, 1.165) is 29.2 Å². The molecule has 0 aromatic heterocycles. The van der Waals surface area contributed by atoms with Gasteiger partial charge in [-0.3, -0.25) is 0 Å². The summed E-state index contributed by atoms with van der Waals surface area (Å²) < 4.78 is 5.33. The van der Waals surface area contributed by atoms with Gasteiger partial charge in [-0.2, -0.15) is 11.8 Å². The van der Waals surface area contributed by atoms with Crippen LogP contribution in [-0.2, 0) is 12.2 Å². The number of thioether (sulfide) groups is 1. The molecule has 2 amide bonds. The minimum Gasteiger partial charge on any atom is -0.481 e. The molecule has 0 aliphatic heterocycles. The third kappa shape index (κ3) is 6.82. The number of benzene rings is 2. The van der Waals surface area contributed by atoms with Gasteiger partial charge in [0.1, 0.15) is 12.4 Å². The van der Waals surface area contributed by atoms with Crippen LogP contribution in [0.15, 0.2) is 48.5 Å². The zero-order valence-corrected chi connectivity index (χ0v) is 15.1. The van der Waals surface area contributed by atoms with Crippen LogP contribution in [0.5, 0.6) is 5.75 Å². The lowest BCUT2D eigenvalue weighted by Gasteiger charge is -2.09. The number of ether oxygens (including phenoxy) is 1. The van der Waals surface area contributed by atoms with E-state index in [1.807, 2.05) is 48.5 Å². The number of carbonyl (C=O) groups excluding carboxylic acids is 1. The van der Waals surface area contributed by atoms with Crippen LogP contribution in [0.3, 0.4) is 0 Å². The van der Waals surface area contributed by atoms with Gasteiger partial charge in [-0.1, -0.05) is 30.2 Å². The third-order valence-corrected chi connectivity index (χ3v) is 4.09. The number of hydrogen-bond donors (Lipinski definition) is 2. The van der Waals surface area contributed by atoms with Crippen molar-refractivity contribution in [2.45, 2.75) is 12.2 Å². The molecule has 2 aromatic rings. The molecule has 0 spiro atoms. The zero-order chi connectivity index (χ0) is 17.9. The lowest BCUT2D eigenvalue weighted by atomic mass is 10.1. The van der Waals surface area contributed by atoms with Crippen LogP contribution < -0.4 is 15.4 Å². The largest absolute Gasteiger partial charge is 0.481 e. The standard InChI is InChI=1S/C20H22N2O2S/c1-3-14-24-19-10-6-16(7-11-19)12-13-21-20(23)22-18-8-4-17(5-9-18)15-25-2/h1,4-11H,12-15H2,2H3,(H2,21,22,23). The summed E-state index contributed by atoms with van der Waals surface area (Å²) in [5.74, 6) is 4.15. The summed E-state index contributed by atoms with van der Waals surface area (Å²) in [6, 6.07) is 15.4. The molecule has 2 aromatic carbocycles. The van der Waals surface area contributed by atoms with E-state index < -0.39 is 0 Å². The molecule has 0 fully saturated rings. The molecule has 2 rings (SSSR count). The molecule has 0 saturated heterocycles. The van der Waals surface area contributed by atoms with Gasteiger partial charge in [-0.15, -0.1) is 6.42 Å². The van der Waals surface area contributed by atoms with Crippen LogP contribution in [0.1, 0.15) is 11.1 Å². The van der Waals surface area contributed by atoms with Crippen LogP contribution in [0, 0.1) is 12.3 Å². The molecule has 5 heteroatoms. The molecule has 0 bridgehead atoms. The number of urea groups is 1. The molecule has 0 atom stereocenters. The lowest BCUT2D eigenvalue weighted by Crippen LogP contribution is -2.30. The molecule has 0 unspecified atom stereocenters. The Bertz CT molecular complexity index is 706. The Balaban J connectivity index is 1.72. The molecule has 2 N–H and O–H groups in total. The van der Waals surface area contributed by atoms with Crippen molar-refractivity contribution in [1.82, 2.24) is 5.32 Å². The quantitative estimate of drug-likeness (QED) is 0.706. The van der Waals surface area contributed by atoms with Crippen molar-refractivity contribution in [2.24, 2.45) is 0 Å². The number of hydrogen-bond acceptors (Lipinski definition) is 3. The Morgan fingerprint density at radius 3 is 2.44 bits per heavy atom. The van der Waals surface area contributed by atoms with E-state index in [4.69, 9.17) is 11.2 Å². The molecular formula is C20H22N2O2S. The van der Waals surface area contributed by atoms with E-state index in [2.05, 4.69) is 22.8 Å². The van der Waals surface area contributed by atoms with E-state index in [0.29, 0.717) is 6.54 Å². The number of nitrogens with one attached hydrogen (secondary N) is 2. The lowest BCUT2D eigenvalue weighted by molar-refractivity contribution is 0.252. The van der Waals surface area contributed by atoms with Gasteiger partial charge in [0, 0.05) is 18.0 Å². The summed E-state index contributed by atoms with van der Waals surface area (Å²) in [6.07, 6.45) is 7.97. The van der Waals surface area contributed by atoms with Crippen molar-refractivity contribution in [1.29, 1.82) is 0 Å². The van der Waals surface area contributed by atoms with Gasteiger partial charge >= 0.3 is 6.03 Å². The van der Waals surface area contributed by atoms with Crippen molar-refractivity contribution in [3.8, 4) is 18.1 Å². The summed E-state index contributed by atoms with van der Waals surface area (Å²) in [5, 5.41) is 5.69. The maximum Gasteiger partial charge on any atom is 0.319 e. The second kappa shape index (κ2) is 10.3. The maximum absolute atomic E-state index is 11.9. The van der Waals surface area contributed by atoms with Crippen LogP contribution in [0.2, 0.25) is 0 Å². The van der Waals surface area contributed by atoms with E-state index in [-0.39, 0.29) is 12.6 Å². The molecule has 0 aliphatic carbocycles. The Labute approximate surface area is 153 Å². The van der Waals surface area contributed by atoms with Gasteiger partial charge in [-0.25, -0.2) is 4.79 Å². The molecule has 25 heavy (non-hydrogen) atoms. The summed E-state index contributed by atoms with van der Waals surface area (Å²) >= 11 is 1.77. The van der Waals surface area contributed by atoms with Crippen molar-refractivity contribution in [3.63, 3.8) is 0 Å². The first-order valence-electron chi connectivity index (χ1n) is 7.99. The second-order valence-corrected chi connectivity index (χ2v) is 6.26. The molecule has 0 aliphatic rings. The van der Waals surface area contributed by atoms with Crippen molar-refractivity contribution >= 4 is 23.5 Å². The topological polar surface area (TPSA) is 50.4 Å². The SMILES string of the molecule is C#CCOc1ccc(CCNC(=O)Nc2ccc(CSC)cc2)cc1. The highest BCUT2D eigenvalue weighted by atomic mass is 32.2. The predicted octanol–water partition coefficient (Wildman–Crippen LogP) is 3.93. The van der Waals surface area contributed by atoms with Gasteiger partial charge in [0.15, 0.2) is 0 Å². The number of carbonyl (C=O) groups is 1. The Kier molecular flexibility index (Phi) is 7.74. The average Bonchev–Trinajstić information content (AvgIpc) is 2.63. The molecular weight excluding hydrogens is 332 g/mol. The van der Waals surface area contributed by atoms with E-state index in [1.165, 1.54) is 5.56 Å². The van der Waals surface area contributed by atoms with Gasteiger partial charge < -0.3 is 15.4 Å². The van der Waals surface area contributed by atoms with Gasteiger partial charge in [0.05, 0.1) is 0 Å². The number of rotatable bonds is 8. The summed E-state index contributed by atoms with van der Waals surface area (Å²) in [7, 11) is 0. The maximum atomic E-state index is 11.9. The van der Waals surface area contributed by atoms with E-state index in [1.54, 1.807) is 11.8 Å². The zero-order valence-electron chi connectivity index (χ0n) is 14.2. The number of anilines is 1. The van der Waals surface area contributed by atoms with Gasteiger partial charge in [0.25, 0.3) is 0 Å². The smallest absolute Gasteiger partial charge is 0.319 e. The highest BCUT2D eigenvalue weighted by molar-refractivity contribution is 7.97. The average molecular weight is 354 g/mol. The normalized spacial score (nSPS) is 9.92. The van der Waals surface area contributed by atoms with Crippen LogP contribution >= 0.6 is 11.8 Å². The minimum atomic E-state index is -0.202. The highest BCUT2D eigenvalue weighted by Crippen LogP contribution is 2.14. The number of terminal acetylenes is 1. The van der Waals surface area contributed by atoms with Gasteiger partial charge in [-0.05, 0) is 48.1 Å². The highest BCUT2D eigenvalue weighted by Gasteiger charge is 2.02.